The Hall–Kier alpha value is -2.50. The molecule has 6 nitrogen and oxygen atoms in total. The summed E-state index contributed by atoms with van der Waals surface area (Å²) in [6.45, 7) is 0. The smallest absolute Gasteiger partial charge is 0.330 e. The van der Waals surface area contributed by atoms with Crippen LogP contribution in [0.4, 0.5) is 5.69 Å². The fourth-order valence-corrected chi connectivity index (χ4v) is 1.16. The zero-order chi connectivity index (χ0) is 12.8. The zero-order valence-electron chi connectivity index (χ0n) is 8.95. The standard InChI is InChI=1S/C11H9NO5/c1-17-11(14)5-4-9-3-2-8(7-13)6-10(9)12(15)16/h2-7H,1H3. The largest absolute Gasteiger partial charge is 0.466 e. The van der Waals surface area contributed by atoms with Gasteiger partial charge in [0.1, 0.15) is 6.29 Å². The molecule has 6 heteroatoms. The Bertz CT molecular complexity index is 493. The molecule has 0 saturated heterocycles. The molecule has 0 aliphatic rings. The Labute approximate surface area is 96.7 Å². The molecular weight excluding hydrogens is 226 g/mol. The van der Waals surface area contributed by atoms with Crippen molar-refractivity contribution in [1.82, 2.24) is 0 Å². The van der Waals surface area contributed by atoms with E-state index in [0.717, 1.165) is 12.1 Å². The SMILES string of the molecule is COC(=O)C=Cc1ccc(C=O)cc1[N+](=O)[O-]. The summed E-state index contributed by atoms with van der Waals surface area (Å²) in [7, 11) is 1.20. The molecule has 0 fully saturated rings. The molecule has 1 aromatic rings. The Morgan fingerprint density at radius 2 is 2.18 bits per heavy atom. The van der Waals surface area contributed by atoms with Crippen LogP contribution in [-0.2, 0) is 9.53 Å². The maximum atomic E-state index is 10.9. The number of esters is 1. The number of carbonyl (C=O) groups is 2. The number of ether oxygens (including phenoxy) is 1. The predicted octanol–water partition coefficient (Wildman–Crippen LogP) is 1.59. The molecule has 0 spiro atoms. The third-order valence-corrected chi connectivity index (χ3v) is 1.99. The van der Waals surface area contributed by atoms with Crippen LogP contribution in [0.5, 0.6) is 0 Å². The minimum absolute atomic E-state index is 0.201. The van der Waals surface area contributed by atoms with E-state index >= 15 is 0 Å². The van der Waals surface area contributed by atoms with Crippen molar-refractivity contribution in [2.24, 2.45) is 0 Å². The van der Waals surface area contributed by atoms with Crippen molar-refractivity contribution >= 4 is 24.0 Å². The number of hydrogen-bond acceptors (Lipinski definition) is 5. The van der Waals surface area contributed by atoms with Crippen LogP contribution in [0, 0.1) is 10.1 Å². The van der Waals surface area contributed by atoms with Crippen LogP contribution >= 0.6 is 0 Å². The third-order valence-electron chi connectivity index (χ3n) is 1.99. The van der Waals surface area contributed by atoms with Gasteiger partial charge in [0.05, 0.1) is 17.6 Å². The lowest BCUT2D eigenvalue weighted by Gasteiger charge is -1.98. The van der Waals surface area contributed by atoms with Crippen molar-refractivity contribution in [3.63, 3.8) is 0 Å². The van der Waals surface area contributed by atoms with Crippen molar-refractivity contribution in [2.45, 2.75) is 0 Å². The van der Waals surface area contributed by atoms with Gasteiger partial charge in [-0.3, -0.25) is 14.9 Å². The molecule has 0 aliphatic heterocycles. The highest BCUT2D eigenvalue weighted by Crippen LogP contribution is 2.21. The van der Waals surface area contributed by atoms with Crippen molar-refractivity contribution < 1.29 is 19.2 Å². The second-order valence-corrected chi connectivity index (χ2v) is 3.05. The average molecular weight is 235 g/mol. The second kappa shape index (κ2) is 5.55. The number of nitro groups is 1. The van der Waals surface area contributed by atoms with Gasteiger partial charge in [0.25, 0.3) is 5.69 Å². The van der Waals surface area contributed by atoms with Crippen LogP contribution < -0.4 is 0 Å². The van der Waals surface area contributed by atoms with E-state index in [9.17, 15) is 19.7 Å². The molecule has 1 rings (SSSR count). The van der Waals surface area contributed by atoms with Crippen LogP contribution in [0.15, 0.2) is 24.3 Å². The summed E-state index contributed by atoms with van der Waals surface area (Å²) in [5, 5.41) is 10.7. The lowest BCUT2D eigenvalue weighted by atomic mass is 10.1. The Kier molecular flexibility index (Phi) is 4.10. The van der Waals surface area contributed by atoms with E-state index in [1.807, 2.05) is 0 Å². The molecule has 0 atom stereocenters. The molecule has 0 aromatic heterocycles. The van der Waals surface area contributed by atoms with E-state index in [1.54, 1.807) is 0 Å². The topological polar surface area (TPSA) is 86.5 Å². The van der Waals surface area contributed by atoms with Crippen molar-refractivity contribution in [1.29, 1.82) is 0 Å². The fraction of sp³-hybridized carbons (Fsp3) is 0.0909. The molecule has 17 heavy (non-hydrogen) atoms. The molecule has 0 unspecified atom stereocenters. The van der Waals surface area contributed by atoms with Crippen LogP contribution in [0.25, 0.3) is 6.08 Å². The third kappa shape index (κ3) is 3.23. The minimum atomic E-state index is -0.621. The normalized spacial score (nSPS) is 10.2. The van der Waals surface area contributed by atoms with Crippen LogP contribution in [0.2, 0.25) is 0 Å². The first-order chi connectivity index (χ1) is 8.08. The van der Waals surface area contributed by atoms with E-state index in [2.05, 4.69) is 4.74 Å². The molecule has 0 N–H and O–H groups in total. The van der Waals surface area contributed by atoms with Gasteiger partial charge in [-0.05, 0) is 12.1 Å². The van der Waals surface area contributed by atoms with Crippen molar-refractivity contribution in [3.05, 3.63) is 45.5 Å². The molecule has 0 amide bonds. The number of nitro benzene ring substituents is 1. The summed E-state index contributed by atoms with van der Waals surface area (Å²) in [5.74, 6) is -0.612. The summed E-state index contributed by atoms with van der Waals surface area (Å²) in [6, 6.07) is 3.96. The highest BCUT2D eigenvalue weighted by molar-refractivity contribution is 5.88. The van der Waals surface area contributed by atoms with Gasteiger partial charge in [-0.2, -0.15) is 0 Å². The molecule has 0 radical (unpaired) electrons. The van der Waals surface area contributed by atoms with E-state index in [-0.39, 0.29) is 16.8 Å². The van der Waals surface area contributed by atoms with Gasteiger partial charge in [-0.15, -0.1) is 0 Å². The number of nitrogens with zero attached hydrogens (tertiary/aromatic N) is 1. The number of aldehydes is 1. The maximum Gasteiger partial charge on any atom is 0.330 e. The summed E-state index contributed by atoms with van der Waals surface area (Å²) < 4.78 is 4.37. The first kappa shape index (κ1) is 12.6. The van der Waals surface area contributed by atoms with Gasteiger partial charge in [-0.25, -0.2) is 4.79 Å². The molecular formula is C11H9NO5. The van der Waals surface area contributed by atoms with Crippen LogP contribution in [-0.4, -0.2) is 24.3 Å². The average Bonchev–Trinajstić information content (AvgIpc) is 2.35. The van der Waals surface area contributed by atoms with Gasteiger partial charge < -0.3 is 4.74 Å². The fourth-order valence-electron chi connectivity index (χ4n) is 1.16. The van der Waals surface area contributed by atoms with Gasteiger partial charge in [0, 0.05) is 17.7 Å². The van der Waals surface area contributed by atoms with E-state index in [0.29, 0.717) is 6.29 Å². The molecule has 0 saturated carbocycles. The van der Waals surface area contributed by atoms with Gasteiger partial charge in [0.2, 0.25) is 0 Å². The minimum Gasteiger partial charge on any atom is -0.466 e. The molecule has 0 bridgehead atoms. The molecule has 0 aliphatic carbocycles. The molecule has 88 valence electrons. The maximum absolute atomic E-state index is 10.9. The summed E-state index contributed by atoms with van der Waals surface area (Å²) in [5.41, 5.74) is 0.188. The lowest BCUT2D eigenvalue weighted by molar-refractivity contribution is -0.385. The quantitative estimate of drug-likeness (QED) is 0.260. The summed E-state index contributed by atoms with van der Waals surface area (Å²) >= 11 is 0. The summed E-state index contributed by atoms with van der Waals surface area (Å²) in [4.78, 5) is 31.5. The first-order valence-electron chi connectivity index (χ1n) is 4.58. The highest BCUT2D eigenvalue weighted by Gasteiger charge is 2.12. The number of hydrogen-bond donors (Lipinski definition) is 0. The number of benzene rings is 1. The second-order valence-electron chi connectivity index (χ2n) is 3.05. The van der Waals surface area contributed by atoms with Crippen LogP contribution in [0.3, 0.4) is 0 Å². The molecule has 0 heterocycles. The van der Waals surface area contributed by atoms with Crippen LogP contribution in [0.1, 0.15) is 15.9 Å². The Morgan fingerprint density at radius 3 is 2.71 bits per heavy atom. The first-order valence-corrected chi connectivity index (χ1v) is 4.58. The van der Waals surface area contributed by atoms with Gasteiger partial charge in [-0.1, -0.05) is 6.07 Å². The van der Waals surface area contributed by atoms with Crippen molar-refractivity contribution in [2.75, 3.05) is 7.11 Å². The van der Waals surface area contributed by atoms with E-state index in [4.69, 9.17) is 0 Å². The van der Waals surface area contributed by atoms with Crippen molar-refractivity contribution in [3.8, 4) is 0 Å². The van der Waals surface area contributed by atoms with E-state index < -0.39 is 10.9 Å². The lowest BCUT2D eigenvalue weighted by Crippen LogP contribution is -1.96. The predicted molar refractivity (Wildman–Crippen MR) is 59.5 cm³/mol. The number of rotatable bonds is 4. The zero-order valence-corrected chi connectivity index (χ0v) is 8.95. The Morgan fingerprint density at radius 1 is 1.47 bits per heavy atom. The summed E-state index contributed by atoms with van der Waals surface area (Å²) in [6.07, 6.45) is 2.85. The van der Waals surface area contributed by atoms with Gasteiger partial charge in [0.15, 0.2) is 0 Å². The Balaban J connectivity index is 3.15. The number of carbonyl (C=O) groups excluding carboxylic acids is 2. The molecule has 1 aromatic carbocycles. The van der Waals surface area contributed by atoms with E-state index in [1.165, 1.54) is 25.3 Å². The van der Waals surface area contributed by atoms with Gasteiger partial charge >= 0.3 is 5.97 Å². The number of methoxy groups -OCH3 is 1. The monoisotopic (exact) mass is 235 g/mol. The highest BCUT2D eigenvalue weighted by atomic mass is 16.6.